The molecule has 6 nitrogen and oxygen atoms in total. The lowest BCUT2D eigenvalue weighted by atomic mass is 9.96. The topological polar surface area (TPSA) is 82.7 Å². The zero-order valence-corrected chi connectivity index (χ0v) is 14.7. The van der Waals surface area contributed by atoms with Gasteiger partial charge in [-0.3, -0.25) is 4.79 Å². The molecule has 0 unspecified atom stereocenters. The van der Waals surface area contributed by atoms with Gasteiger partial charge in [-0.05, 0) is 55.8 Å². The first-order valence-electron chi connectivity index (χ1n) is 8.69. The molecule has 4 rings (SSSR count). The molecule has 0 spiro atoms. The molecule has 1 aliphatic rings. The van der Waals surface area contributed by atoms with Crippen molar-refractivity contribution in [3.05, 3.63) is 35.3 Å². The number of aromatic amines is 1. The Morgan fingerprint density at radius 2 is 2.36 bits per heavy atom. The molecule has 0 radical (unpaired) electrons. The maximum atomic E-state index is 12.6. The number of H-pyrrole nitrogens is 1. The number of imidazole rings is 1. The van der Waals surface area contributed by atoms with Gasteiger partial charge in [-0.15, -0.1) is 11.3 Å². The van der Waals surface area contributed by atoms with Crippen molar-refractivity contribution in [3.63, 3.8) is 0 Å². The number of rotatable bonds is 5. The van der Waals surface area contributed by atoms with Crippen molar-refractivity contribution in [2.45, 2.75) is 19.3 Å². The van der Waals surface area contributed by atoms with Crippen molar-refractivity contribution in [2.75, 3.05) is 19.6 Å². The van der Waals surface area contributed by atoms with Crippen LogP contribution in [0.3, 0.4) is 0 Å². The highest BCUT2D eigenvalue weighted by atomic mass is 32.1. The highest BCUT2D eigenvalue weighted by molar-refractivity contribution is 7.13. The average molecular weight is 355 g/mol. The maximum Gasteiger partial charge on any atom is 0.253 e. The van der Waals surface area contributed by atoms with E-state index in [0.717, 1.165) is 30.2 Å². The minimum absolute atomic E-state index is 0.0830. The third kappa shape index (κ3) is 3.57. The van der Waals surface area contributed by atoms with Crippen LogP contribution in [-0.4, -0.2) is 40.5 Å². The molecule has 0 bridgehead atoms. The van der Waals surface area contributed by atoms with Gasteiger partial charge in [0.2, 0.25) is 0 Å². The summed E-state index contributed by atoms with van der Waals surface area (Å²) >= 11 is 1.61. The van der Waals surface area contributed by atoms with E-state index in [9.17, 15) is 4.79 Å². The van der Waals surface area contributed by atoms with E-state index < -0.39 is 0 Å². The number of nitrogens with zero attached hydrogens (tertiary/aromatic N) is 2. The van der Waals surface area contributed by atoms with Crippen molar-refractivity contribution < 1.29 is 4.79 Å². The maximum absolute atomic E-state index is 12.6. The molecule has 0 aromatic carbocycles. The van der Waals surface area contributed by atoms with E-state index in [1.54, 1.807) is 23.6 Å². The van der Waals surface area contributed by atoms with Crippen molar-refractivity contribution in [2.24, 2.45) is 5.92 Å². The molecule has 1 atom stereocenters. The summed E-state index contributed by atoms with van der Waals surface area (Å²) in [7, 11) is 0. The number of fused-ring (bicyclic) bond motifs is 1. The summed E-state index contributed by atoms with van der Waals surface area (Å²) in [5.74, 6) is 1.33. The molecule has 7 heteroatoms. The van der Waals surface area contributed by atoms with Gasteiger partial charge in [0.05, 0.1) is 10.4 Å². The SMILES string of the molecule is O=C(NCC[C@@H]1CCCNC1)c1ccnc2[nH]c(-c3cccs3)nc12. The van der Waals surface area contributed by atoms with Crippen molar-refractivity contribution in [1.82, 2.24) is 25.6 Å². The molecule has 3 aromatic heterocycles. The largest absolute Gasteiger partial charge is 0.352 e. The Morgan fingerprint density at radius 1 is 1.40 bits per heavy atom. The van der Waals surface area contributed by atoms with Crippen LogP contribution in [0.5, 0.6) is 0 Å². The van der Waals surface area contributed by atoms with Crippen LogP contribution in [0.2, 0.25) is 0 Å². The molecular formula is C18H21N5OS. The van der Waals surface area contributed by atoms with E-state index in [1.165, 1.54) is 12.8 Å². The molecule has 130 valence electrons. The molecule has 0 saturated carbocycles. The second-order valence-corrected chi connectivity index (χ2v) is 7.32. The summed E-state index contributed by atoms with van der Waals surface area (Å²) in [5, 5.41) is 8.45. The number of nitrogens with one attached hydrogen (secondary N) is 3. The second-order valence-electron chi connectivity index (χ2n) is 6.38. The van der Waals surface area contributed by atoms with Crippen LogP contribution in [0.25, 0.3) is 21.9 Å². The van der Waals surface area contributed by atoms with Crippen LogP contribution in [0.4, 0.5) is 0 Å². The highest BCUT2D eigenvalue weighted by Gasteiger charge is 2.17. The molecular weight excluding hydrogens is 334 g/mol. The minimum Gasteiger partial charge on any atom is -0.352 e. The Kier molecular flexibility index (Phi) is 4.76. The molecule has 1 saturated heterocycles. The standard InChI is InChI=1S/C18H21N5OS/c24-18(21-8-5-12-3-1-7-19-11-12)13-6-9-20-17-15(13)22-16(23-17)14-4-2-10-25-14/h2,4,6,9-10,12,19H,1,3,5,7-8,11H2,(H,21,24)(H,20,22,23)/t12-/m0/s1. The quantitative estimate of drug-likeness (QED) is 0.657. The molecule has 3 aromatic rings. The third-order valence-corrected chi connectivity index (χ3v) is 5.50. The lowest BCUT2D eigenvalue weighted by Crippen LogP contribution is -2.33. The van der Waals surface area contributed by atoms with Crippen molar-refractivity contribution in [3.8, 4) is 10.7 Å². The summed E-state index contributed by atoms with van der Waals surface area (Å²) < 4.78 is 0. The third-order valence-electron chi connectivity index (χ3n) is 4.62. The van der Waals surface area contributed by atoms with Gasteiger partial charge < -0.3 is 15.6 Å². The van der Waals surface area contributed by atoms with Crippen LogP contribution in [0.15, 0.2) is 29.8 Å². The second kappa shape index (κ2) is 7.33. The Hall–Kier alpha value is -2.25. The molecule has 0 aliphatic carbocycles. The lowest BCUT2D eigenvalue weighted by Gasteiger charge is -2.22. The summed E-state index contributed by atoms with van der Waals surface area (Å²) in [6, 6.07) is 5.72. The minimum atomic E-state index is -0.0830. The van der Waals surface area contributed by atoms with Crippen LogP contribution >= 0.6 is 11.3 Å². The van der Waals surface area contributed by atoms with E-state index in [0.29, 0.717) is 29.2 Å². The van der Waals surface area contributed by atoms with Gasteiger partial charge in [0, 0.05) is 12.7 Å². The lowest BCUT2D eigenvalue weighted by molar-refractivity contribution is 0.0952. The van der Waals surface area contributed by atoms with E-state index >= 15 is 0 Å². The number of thiophene rings is 1. The Balaban J connectivity index is 1.47. The predicted octanol–water partition coefficient (Wildman–Crippen LogP) is 2.81. The summed E-state index contributed by atoms with van der Waals surface area (Å²) in [6.45, 7) is 2.86. The van der Waals surface area contributed by atoms with Gasteiger partial charge in [-0.1, -0.05) is 6.07 Å². The van der Waals surface area contributed by atoms with Gasteiger partial charge in [-0.2, -0.15) is 0 Å². The number of amides is 1. The highest BCUT2D eigenvalue weighted by Crippen LogP contribution is 2.25. The number of pyridine rings is 1. The van der Waals surface area contributed by atoms with Gasteiger partial charge in [0.1, 0.15) is 11.3 Å². The van der Waals surface area contributed by atoms with E-state index in [-0.39, 0.29) is 5.91 Å². The van der Waals surface area contributed by atoms with E-state index in [2.05, 4.69) is 25.6 Å². The smallest absolute Gasteiger partial charge is 0.253 e. The number of hydrogen-bond donors (Lipinski definition) is 3. The fourth-order valence-corrected chi connectivity index (χ4v) is 3.95. The van der Waals surface area contributed by atoms with Crippen molar-refractivity contribution in [1.29, 1.82) is 0 Å². The first-order valence-corrected chi connectivity index (χ1v) is 9.57. The molecule has 25 heavy (non-hydrogen) atoms. The Bertz CT molecular complexity index is 852. The molecule has 3 N–H and O–H groups in total. The van der Waals surface area contributed by atoms with Gasteiger partial charge in [-0.25, -0.2) is 9.97 Å². The summed E-state index contributed by atoms with van der Waals surface area (Å²) in [6.07, 6.45) is 5.13. The van der Waals surface area contributed by atoms with Crippen LogP contribution < -0.4 is 10.6 Å². The first kappa shape index (κ1) is 16.2. The van der Waals surface area contributed by atoms with Gasteiger partial charge in [0.25, 0.3) is 5.91 Å². The summed E-state index contributed by atoms with van der Waals surface area (Å²) in [4.78, 5) is 25.7. The van der Waals surface area contributed by atoms with Crippen molar-refractivity contribution >= 4 is 28.4 Å². The van der Waals surface area contributed by atoms with Gasteiger partial charge in [0.15, 0.2) is 5.65 Å². The molecule has 1 aliphatic heterocycles. The van der Waals surface area contributed by atoms with E-state index in [4.69, 9.17) is 0 Å². The zero-order valence-electron chi connectivity index (χ0n) is 13.9. The predicted molar refractivity (Wildman–Crippen MR) is 99.7 cm³/mol. The molecule has 1 fully saturated rings. The fraction of sp³-hybridized carbons (Fsp3) is 0.389. The average Bonchev–Trinajstić information content (AvgIpc) is 3.31. The van der Waals surface area contributed by atoms with E-state index in [1.807, 2.05) is 17.5 Å². The fourth-order valence-electron chi connectivity index (χ4n) is 3.28. The monoisotopic (exact) mass is 355 g/mol. The Labute approximate surface area is 150 Å². The van der Waals surface area contributed by atoms with Crippen LogP contribution in [0, 0.1) is 5.92 Å². The number of hydrogen-bond acceptors (Lipinski definition) is 5. The number of carbonyl (C=O) groups is 1. The normalized spacial score (nSPS) is 17.7. The van der Waals surface area contributed by atoms with Crippen LogP contribution in [-0.2, 0) is 0 Å². The van der Waals surface area contributed by atoms with Gasteiger partial charge >= 0.3 is 0 Å². The Morgan fingerprint density at radius 3 is 3.16 bits per heavy atom. The molecule has 1 amide bonds. The number of carbonyl (C=O) groups excluding carboxylic acids is 1. The molecule has 4 heterocycles. The number of aromatic nitrogens is 3. The number of piperidine rings is 1. The van der Waals surface area contributed by atoms with Crippen LogP contribution in [0.1, 0.15) is 29.6 Å². The zero-order chi connectivity index (χ0) is 17.1. The first-order chi connectivity index (χ1) is 12.3. The summed E-state index contributed by atoms with van der Waals surface area (Å²) in [5.41, 5.74) is 1.85.